The molecule has 0 saturated carbocycles. The molecule has 100 valence electrons. The van der Waals surface area contributed by atoms with Crippen LogP contribution in [0.15, 0.2) is 54.6 Å². The van der Waals surface area contributed by atoms with Gasteiger partial charge >= 0.3 is 0 Å². The van der Waals surface area contributed by atoms with Gasteiger partial charge in [-0.2, -0.15) is 0 Å². The minimum absolute atomic E-state index is 0.672. The molecule has 0 aliphatic rings. The fourth-order valence-electron chi connectivity index (χ4n) is 1.82. The van der Waals surface area contributed by atoms with E-state index in [0.29, 0.717) is 13.2 Å². The van der Waals surface area contributed by atoms with Crippen molar-refractivity contribution in [1.29, 1.82) is 0 Å². The third-order valence-corrected chi connectivity index (χ3v) is 2.80. The topological polar surface area (TPSA) is 18.5 Å². The Balaban J connectivity index is 1.58. The second-order valence-corrected chi connectivity index (χ2v) is 4.56. The Kier molecular flexibility index (Phi) is 5.45. The largest absolute Gasteiger partial charge is 0.493 e. The Morgan fingerprint density at radius 1 is 0.895 bits per heavy atom. The van der Waals surface area contributed by atoms with Gasteiger partial charge in [-0.3, -0.25) is 0 Å². The number of hydrogen-bond donors (Lipinski definition) is 0. The van der Waals surface area contributed by atoms with Gasteiger partial charge in [-0.25, -0.2) is 0 Å². The van der Waals surface area contributed by atoms with E-state index < -0.39 is 0 Å². The van der Waals surface area contributed by atoms with E-state index in [1.807, 2.05) is 36.4 Å². The smallest absolute Gasteiger partial charge is 0.119 e. The summed E-state index contributed by atoms with van der Waals surface area (Å²) < 4.78 is 11.3. The predicted molar refractivity (Wildman–Crippen MR) is 77.4 cm³/mol. The lowest BCUT2D eigenvalue weighted by molar-refractivity contribution is 0.107. The molecule has 2 nitrogen and oxygen atoms in total. The average Bonchev–Trinajstić information content (AvgIpc) is 2.44. The van der Waals surface area contributed by atoms with E-state index in [-0.39, 0.29) is 0 Å². The fraction of sp³-hybridized carbons (Fsp3) is 0.294. The molecule has 2 rings (SSSR count). The standard InChI is InChI=1S/C17H20O2/c1-15-7-5-10-17(13-15)19-12-6-11-18-14-16-8-3-2-4-9-16/h2-5,7-10,13H,6,11-12,14H2,1H3. The molecule has 0 fully saturated rings. The first-order valence-electron chi connectivity index (χ1n) is 6.66. The molecule has 0 bridgehead atoms. The van der Waals surface area contributed by atoms with Gasteiger partial charge in [0.2, 0.25) is 0 Å². The minimum atomic E-state index is 0.672. The predicted octanol–water partition coefficient (Wildman–Crippen LogP) is 3.98. The highest BCUT2D eigenvalue weighted by molar-refractivity contribution is 5.27. The molecule has 0 aromatic heterocycles. The van der Waals surface area contributed by atoms with E-state index in [1.54, 1.807) is 0 Å². The molecule has 0 radical (unpaired) electrons. The maximum atomic E-state index is 5.66. The van der Waals surface area contributed by atoms with Crippen molar-refractivity contribution in [2.45, 2.75) is 20.0 Å². The summed E-state index contributed by atoms with van der Waals surface area (Å²) in [5, 5.41) is 0. The molecule has 0 amide bonds. The van der Waals surface area contributed by atoms with Crippen molar-refractivity contribution in [2.24, 2.45) is 0 Å². The number of hydrogen-bond acceptors (Lipinski definition) is 2. The first-order chi connectivity index (χ1) is 9.34. The van der Waals surface area contributed by atoms with E-state index in [4.69, 9.17) is 9.47 Å². The summed E-state index contributed by atoms with van der Waals surface area (Å²) >= 11 is 0. The van der Waals surface area contributed by atoms with Gasteiger partial charge in [-0.1, -0.05) is 42.5 Å². The Bertz CT molecular complexity index is 480. The Morgan fingerprint density at radius 3 is 2.53 bits per heavy atom. The average molecular weight is 256 g/mol. The molecule has 0 atom stereocenters. The van der Waals surface area contributed by atoms with Crippen molar-refractivity contribution in [3.05, 3.63) is 65.7 Å². The summed E-state index contributed by atoms with van der Waals surface area (Å²) in [6.07, 6.45) is 0.904. The third kappa shape index (κ3) is 5.14. The van der Waals surface area contributed by atoms with Crippen LogP contribution >= 0.6 is 0 Å². The molecule has 0 heterocycles. The fourth-order valence-corrected chi connectivity index (χ4v) is 1.82. The maximum Gasteiger partial charge on any atom is 0.119 e. The van der Waals surface area contributed by atoms with Gasteiger partial charge in [0.05, 0.1) is 19.8 Å². The minimum Gasteiger partial charge on any atom is -0.493 e. The van der Waals surface area contributed by atoms with E-state index in [9.17, 15) is 0 Å². The van der Waals surface area contributed by atoms with Crippen LogP contribution in [0.3, 0.4) is 0 Å². The molecule has 2 aromatic carbocycles. The maximum absolute atomic E-state index is 5.66. The van der Waals surface area contributed by atoms with Gasteiger partial charge in [0.1, 0.15) is 5.75 Å². The highest BCUT2D eigenvalue weighted by atomic mass is 16.5. The summed E-state index contributed by atoms with van der Waals surface area (Å²) in [5.41, 5.74) is 2.43. The normalized spacial score (nSPS) is 10.4. The molecule has 2 heteroatoms. The van der Waals surface area contributed by atoms with Crippen molar-refractivity contribution in [3.8, 4) is 5.75 Å². The molecule has 0 aliphatic carbocycles. The lowest BCUT2D eigenvalue weighted by Gasteiger charge is -2.07. The van der Waals surface area contributed by atoms with Crippen LogP contribution < -0.4 is 4.74 Å². The van der Waals surface area contributed by atoms with Gasteiger partial charge in [0.15, 0.2) is 0 Å². The van der Waals surface area contributed by atoms with Crippen LogP contribution in [0.1, 0.15) is 17.5 Å². The van der Waals surface area contributed by atoms with Crippen LogP contribution in [0, 0.1) is 6.92 Å². The molecule has 0 N–H and O–H groups in total. The molecule has 2 aromatic rings. The number of aryl methyl sites for hydroxylation is 1. The Labute approximate surface area is 115 Å². The van der Waals surface area contributed by atoms with E-state index >= 15 is 0 Å². The van der Waals surface area contributed by atoms with Crippen LogP contribution in [-0.4, -0.2) is 13.2 Å². The lowest BCUT2D eigenvalue weighted by atomic mass is 10.2. The number of ether oxygens (including phenoxy) is 2. The van der Waals surface area contributed by atoms with Gasteiger partial charge < -0.3 is 9.47 Å². The Hall–Kier alpha value is -1.80. The summed E-state index contributed by atoms with van der Waals surface area (Å²) in [5.74, 6) is 0.933. The first-order valence-corrected chi connectivity index (χ1v) is 6.66. The van der Waals surface area contributed by atoms with Gasteiger partial charge in [0, 0.05) is 6.42 Å². The van der Waals surface area contributed by atoms with Gasteiger partial charge in [-0.05, 0) is 30.2 Å². The summed E-state index contributed by atoms with van der Waals surface area (Å²) in [6.45, 7) is 4.15. The van der Waals surface area contributed by atoms with Crippen LogP contribution in [0.25, 0.3) is 0 Å². The quantitative estimate of drug-likeness (QED) is 0.698. The van der Waals surface area contributed by atoms with Crippen molar-refractivity contribution in [3.63, 3.8) is 0 Å². The molecule has 0 aliphatic heterocycles. The first kappa shape index (κ1) is 13.6. The summed E-state index contributed by atoms with van der Waals surface area (Å²) in [7, 11) is 0. The van der Waals surface area contributed by atoms with Crippen LogP contribution in [0.5, 0.6) is 5.75 Å². The molecule has 0 saturated heterocycles. The zero-order valence-electron chi connectivity index (χ0n) is 11.3. The SMILES string of the molecule is Cc1cccc(OCCCOCc2ccccc2)c1. The highest BCUT2D eigenvalue weighted by Crippen LogP contribution is 2.12. The molecular formula is C17H20O2. The second-order valence-electron chi connectivity index (χ2n) is 4.56. The summed E-state index contributed by atoms with van der Waals surface area (Å²) in [6, 6.07) is 18.3. The monoisotopic (exact) mass is 256 g/mol. The van der Waals surface area contributed by atoms with E-state index in [2.05, 4.69) is 25.1 Å². The second kappa shape index (κ2) is 7.59. The van der Waals surface area contributed by atoms with Gasteiger partial charge in [-0.15, -0.1) is 0 Å². The van der Waals surface area contributed by atoms with Crippen molar-refractivity contribution < 1.29 is 9.47 Å². The molecule has 0 spiro atoms. The van der Waals surface area contributed by atoms with E-state index in [0.717, 1.165) is 18.8 Å². The third-order valence-electron chi connectivity index (χ3n) is 2.80. The summed E-state index contributed by atoms with van der Waals surface area (Å²) in [4.78, 5) is 0. The molecular weight excluding hydrogens is 236 g/mol. The number of benzene rings is 2. The Morgan fingerprint density at radius 2 is 1.74 bits per heavy atom. The lowest BCUT2D eigenvalue weighted by Crippen LogP contribution is -2.03. The van der Waals surface area contributed by atoms with Crippen LogP contribution in [-0.2, 0) is 11.3 Å². The van der Waals surface area contributed by atoms with Gasteiger partial charge in [0.25, 0.3) is 0 Å². The molecule has 0 unspecified atom stereocenters. The van der Waals surface area contributed by atoms with Crippen molar-refractivity contribution in [2.75, 3.05) is 13.2 Å². The zero-order chi connectivity index (χ0) is 13.3. The number of rotatable bonds is 7. The van der Waals surface area contributed by atoms with Crippen LogP contribution in [0.4, 0.5) is 0 Å². The zero-order valence-corrected chi connectivity index (χ0v) is 11.3. The highest BCUT2D eigenvalue weighted by Gasteiger charge is 1.95. The van der Waals surface area contributed by atoms with Crippen LogP contribution in [0.2, 0.25) is 0 Å². The molecule has 19 heavy (non-hydrogen) atoms. The van der Waals surface area contributed by atoms with Crippen molar-refractivity contribution >= 4 is 0 Å². The van der Waals surface area contributed by atoms with E-state index in [1.165, 1.54) is 11.1 Å². The van der Waals surface area contributed by atoms with Crippen molar-refractivity contribution in [1.82, 2.24) is 0 Å².